The van der Waals surface area contributed by atoms with E-state index in [0.717, 1.165) is 24.2 Å². The number of halogens is 2. The molecule has 2 heterocycles. The van der Waals surface area contributed by atoms with E-state index in [1.807, 2.05) is 19.9 Å². The molecule has 0 radical (unpaired) electrons. The van der Waals surface area contributed by atoms with Crippen LogP contribution in [-0.4, -0.2) is 46.3 Å². The summed E-state index contributed by atoms with van der Waals surface area (Å²) >= 11 is 12.2. The molecular weight excluding hydrogens is 413 g/mol. The molecule has 6 nitrogen and oxygen atoms in total. The van der Waals surface area contributed by atoms with Crippen molar-refractivity contribution in [3.63, 3.8) is 0 Å². The number of ether oxygens (including phenoxy) is 1. The number of hydrogen-bond donors (Lipinski definition) is 0. The molecule has 0 unspecified atom stereocenters. The number of nitrogens with zero attached hydrogens (tertiary/aromatic N) is 3. The summed E-state index contributed by atoms with van der Waals surface area (Å²) in [5.41, 5.74) is 2.08. The molecule has 29 heavy (non-hydrogen) atoms. The molecule has 3 rings (SSSR count). The predicted molar refractivity (Wildman–Crippen MR) is 113 cm³/mol. The molecule has 0 aliphatic carbocycles. The number of likely N-dealkylation sites (tertiary alicyclic amines) is 1. The van der Waals surface area contributed by atoms with Crippen molar-refractivity contribution in [2.45, 2.75) is 39.5 Å². The van der Waals surface area contributed by atoms with Gasteiger partial charge in [-0.2, -0.15) is 5.10 Å². The van der Waals surface area contributed by atoms with Crippen molar-refractivity contribution < 1.29 is 14.3 Å². The maximum Gasteiger partial charge on any atom is 0.310 e. The molecule has 0 spiro atoms. The van der Waals surface area contributed by atoms with Crippen molar-refractivity contribution in [1.29, 1.82) is 0 Å². The molecule has 1 saturated heterocycles. The quantitative estimate of drug-likeness (QED) is 0.634. The lowest BCUT2D eigenvalue weighted by Crippen LogP contribution is -2.43. The lowest BCUT2D eigenvalue weighted by Gasteiger charge is -2.31. The van der Waals surface area contributed by atoms with E-state index in [-0.39, 0.29) is 23.7 Å². The van der Waals surface area contributed by atoms with Gasteiger partial charge in [-0.3, -0.25) is 9.59 Å². The first kappa shape index (κ1) is 21.7. The van der Waals surface area contributed by atoms with Gasteiger partial charge in [-0.1, -0.05) is 37.0 Å². The van der Waals surface area contributed by atoms with Crippen LogP contribution in [0.15, 0.2) is 24.4 Å². The standard InChI is InChI=1S/C21H25Cl2N3O3/c1-4-29-21(28)14-6-5-9-25(12-14)20(27)16-11-24-26(19(16)13(2)3)15-7-8-17(22)18(23)10-15/h7-8,10-11,13-14H,4-6,9,12H2,1-3H3/t14-/m1/s1. The first-order valence-electron chi connectivity index (χ1n) is 9.82. The van der Waals surface area contributed by atoms with Gasteiger partial charge in [0.1, 0.15) is 0 Å². The molecule has 156 valence electrons. The van der Waals surface area contributed by atoms with Crippen LogP contribution >= 0.6 is 23.2 Å². The van der Waals surface area contributed by atoms with Gasteiger partial charge >= 0.3 is 5.97 Å². The molecule has 0 N–H and O–H groups in total. The number of benzene rings is 1. The van der Waals surface area contributed by atoms with Crippen molar-refractivity contribution in [3.05, 3.63) is 45.7 Å². The Labute approximate surface area is 180 Å². The Morgan fingerprint density at radius 2 is 2.03 bits per heavy atom. The van der Waals surface area contributed by atoms with Gasteiger partial charge in [0.15, 0.2) is 0 Å². The number of esters is 1. The third kappa shape index (κ3) is 4.59. The molecule has 1 amide bonds. The number of piperidine rings is 1. The largest absolute Gasteiger partial charge is 0.466 e. The number of carbonyl (C=O) groups is 2. The topological polar surface area (TPSA) is 64.4 Å². The summed E-state index contributed by atoms with van der Waals surface area (Å²) < 4.78 is 6.87. The fourth-order valence-electron chi connectivity index (χ4n) is 3.69. The Kier molecular flexibility index (Phi) is 6.85. The van der Waals surface area contributed by atoms with Crippen molar-refractivity contribution in [3.8, 4) is 5.69 Å². The molecule has 1 aliphatic heterocycles. The van der Waals surface area contributed by atoms with Gasteiger partial charge in [-0.15, -0.1) is 0 Å². The summed E-state index contributed by atoms with van der Waals surface area (Å²) in [7, 11) is 0. The average Bonchev–Trinajstić information content (AvgIpc) is 3.15. The molecule has 1 aliphatic rings. The van der Waals surface area contributed by atoms with E-state index in [0.29, 0.717) is 35.3 Å². The molecule has 1 aromatic carbocycles. The molecule has 1 atom stereocenters. The number of hydrogen-bond acceptors (Lipinski definition) is 4. The van der Waals surface area contributed by atoms with Crippen LogP contribution in [-0.2, 0) is 9.53 Å². The van der Waals surface area contributed by atoms with Gasteiger partial charge in [0.05, 0.1) is 45.7 Å². The fraction of sp³-hybridized carbons (Fsp3) is 0.476. The van der Waals surface area contributed by atoms with E-state index in [9.17, 15) is 9.59 Å². The SMILES string of the molecule is CCOC(=O)[C@@H]1CCCN(C(=O)c2cnn(-c3ccc(Cl)c(Cl)c3)c2C(C)C)C1. The van der Waals surface area contributed by atoms with Crippen LogP contribution in [0.3, 0.4) is 0 Å². The smallest absolute Gasteiger partial charge is 0.310 e. The van der Waals surface area contributed by atoms with Crippen LogP contribution in [0, 0.1) is 5.92 Å². The van der Waals surface area contributed by atoms with Crippen LogP contribution in [0.5, 0.6) is 0 Å². The van der Waals surface area contributed by atoms with Gasteiger partial charge in [-0.05, 0) is 43.9 Å². The number of carbonyl (C=O) groups excluding carboxylic acids is 2. The number of rotatable bonds is 5. The molecular formula is C21H25Cl2N3O3. The average molecular weight is 438 g/mol. The van der Waals surface area contributed by atoms with Gasteiger partial charge in [0, 0.05) is 13.1 Å². The molecule has 2 aromatic rings. The predicted octanol–water partition coefficient (Wildman–Crippen LogP) is 4.72. The summed E-state index contributed by atoms with van der Waals surface area (Å²) in [5.74, 6) is -0.577. The highest BCUT2D eigenvalue weighted by Crippen LogP contribution is 2.29. The normalized spacial score (nSPS) is 16.9. The van der Waals surface area contributed by atoms with E-state index in [4.69, 9.17) is 27.9 Å². The maximum absolute atomic E-state index is 13.3. The van der Waals surface area contributed by atoms with Crippen LogP contribution in [0.25, 0.3) is 5.69 Å². The van der Waals surface area contributed by atoms with Gasteiger partial charge in [0.2, 0.25) is 0 Å². The van der Waals surface area contributed by atoms with E-state index in [1.165, 1.54) is 0 Å². The van der Waals surface area contributed by atoms with Crippen molar-refractivity contribution >= 4 is 35.1 Å². The number of amides is 1. The summed E-state index contributed by atoms with van der Waals surface area (Å²) in [6.07, 6.45) is 3.10. The minimum absolute atomic E-state index is 0.0524. The van der Waals surface area contributed by atoms with E-state index in [2.05, 4.69) is 5.10 Å². The lowest BCUT2D eigenvalue weighted by atomic mass is 9.97. The first-order valence-corrected chi connectivity index (χ1v) is 10.6. The highest BCUT2D eigenvalue weighted by Gasteiger charge is 2.32. The highest BCUT2D eigenvalue weighted by atomic mass is 35.5. The lowest BCUT2D eigenvalue weighted by molar-refractivity contribution is -0.149. The van der Waals surface area contributed by atoms with Crippen LogP contribution in [0.1, 0.15) is 55.6 Å². The summed E-state index contributed by atoms with van der Waals surface area (Å²) in [5, 5.41) is 5.34. The zero-order valence-corrected chi connectivity index (χ0v) is 18.3. The molecule has 0 saturated carbocycles. The van der Waals surface area contributed by atoms with Crippen molar-refractivity contribution in [2.24, 2.45) is 5.92 Å². The molecule has 1 fully saturated rings. The Balaban J connectivity index is 1.90. The van der Waals surface area contributed by atoms with Gasteiger partial charge in [-0.25, -0.2) is 4.68 Å². The number of aromatic nitrogens is 2. The zero-order chi connectivity index (χ0) is 21.1. The third-order valence-corrected chi connectivity index (χ3v) is 5.80. The summed E-state index contributed by atoms with van der Waals surface area (Å²) in [6.45, 7) is 7.14. The fourth-order valence-corrected chi connectivity index (χ4v) is 3.98. The second-order valence-corrected chi connectivity index (χ2v) is 8.27. The minimum atomic E-state index is -0.278. The highest BCUT2D eigenvalue weighted by molar-refractivity contribution is 6.42. The maximum atomic E-state index is 13.3. The zero-order valence-electron chi connectivity index (χ0n) is 16.8. The van der Waals surface area contributed by atoms with E-state index < -0.39 is 0 Å². The summed E-state index contributed by atoms with van der Waals surface area (Å²) in [6, 6.07) is 5.26. The first-order chi connectivity index (χ1) is 13.8. The van der Waals surface area contributed by atoms with Crippen LogP contribution in [0.2, 0.25) is 10.0 Å². The molecule has 8 heteroatoms. The second kappa shape index (κ2) is 9.18. The van der Waals surface area contributed by atoms with Gasteiger partial charge < -0.3 is 9.64 Å². The monoisotopic (exact) mass is 437 g/mol. The van der Waals surface area contributed by atoms with Gasteiger partial charge in [0.25, 0.3) is 5.91 Å². The van der Waals surface area contributed by atoms with Crippen LogP contribution in [0.4, 0.5) is 0 Å². The second-order valence-electron chi connectivity index (χ2n) is 7.45. The van der Waals surface area contributed by atoms with Crippen molar-refractivity contribution in [1.82, 2.24) is 14.7 Å². The van der Waals surface area contributed by atoms with E-state index >= 15 is 0 Å². The summed E-state index contributed by atoms with van der Waals surface area (Å²) in [4.78, 5) is 27.1. The molecule has 1 aromatic heterocycles. The Morgan fingerprint density at radius 3 is 2.69 bits per heavy atom. The molecule has 0 bridgehead atoms. The van der Waals surface area contributed by atoms with Crippen LogP contribution < -0.4 is 0 Å². The minimum Gasteiger partial charge on any atom is -0.466 e. The Hall–Kier alpha value is -2.05. The van der Waals surface area contributed by atoms with Crippen molar-refractivity contribution in [2.75, 3.05) is 19.7 Å². The Morgan fingerprint density at radius 1 is 1.28 bits per heavy atom. The Bertz CT molecular complexity index is 911. The third-order valence-electron chi connectivity index (χ3n) is 5.06. The van der Waals surface area contributed by atoms with E-state index in [1.54, 1.807) is 34.8 Å².